The van der Waals surface area contributed by atoms with Gasteiger partial charge in [-0.25, -0.2) is 0 Å². The largest absolute Gasteiger partial charge is 0.458 e. The summed E-state index contributed by atoms with van der Waals surface area (Å²) in [5.41, 5.74) is 6.07. The number of hydrogen-bond acceptors (Lipinski definition) is 3. The maximum Gasteiger partial charge on any atom is 0.189 e. The van der Waals surface area contributed by atoms with Gasteiger partial charge in [-0.3, -0.25) is 0 Å². The van der Waals surface area contributed by atoms with Crippen LogP contribution in [-0.2, 0) is 0 Å². The van der Waals surface area contributed by atoms with Gasteiger partial charge in [0.15, 0.2) is 8.07 Å². The highest BCUT2D eigenvalue weighted by atomic mass is 32.1. The molecule has 1 spiro atoms. The Morgan fingerprint density at radius 1 is 0.413 bits per heavy atom. The molecule has 2 aliphatic rings. The van der Waals surface area contributed by atoms with Crippen LogP contribution in [0.25, 0.3) is 31.3 Å². The van der Waals surface area contributed by atoms with Gasteiger partial charge in [0.2, 0.25) is 0 Å². The van der Waals surface area contributed by atoms with E-state index in [-0.39, 0.29) is 0 Å². The van der Waals surface area contributed by atoms with Crippen molar-refractivity contribution >= 4 is 77.4 Å². The fraction of sp³-hybridized carbons (Fsp3) is 0. The highest BCUT2D eigenvalue weighted by Crippen LogP contribution is 2.42. The van der Waals surface area contributed by atoms with Crippen LogP contribution in [0.15, 0.2) is 164 Å². The molecule has 0 saturated carbocycles. The van der Waals surface area contributed by atoms with Crippen LogP contribution < -0.4 is 30.4 Å². The van der Waals surface area contributed by atoms with Crippen LogP contribution in [0.3, 0.4) is 0 Å². The Morgan fingerprint density at radius 3 is 1.80 bits per heavy atom. The van der Waals surface area contributed by atoms with Crippen molar-refractivity contribution in [2.24, 2.45) is 0 Å². The predicted molar refractivity (Wildman–Crippen MR) is 197 cm³/mol. The summed E-state index contributed by atoms with van der Waals surface area (Å²) in [4.78, 5) is 2.40. The number of thiophene rings is 1. The summed E-state index contributed by atoms with van der Waals surface area (Å²) in [6, 6.07) is 60.0. The van der Waals surface area contributed by atoms with E-state index in [1.54, 1.807) is 0 Å². The fourth-order valence-electron chi connectivity index (χ4n) is 7.86. The number of ether oxygens (including phenoxy) is 1. The molecule has 10 rings (SSSR count). The van der Waals surface area contributed by atoms with E-state index in [2.05, 4.69) is 169 Å². The second-order valence-electron chi connectivity index (χ2n) is 12.1. The maximum atomic E-state index is 6.75. The molecule has 0 bridgehead atoms. The number of rotatable bonds is 3. The van der Waals surface area contributed by atoms with Gasteiger partial charge in [0.25, 0.3) is 0 Å². The van der Waals surface area contributed by atoms with Gasteiger partial charge in [-0.2, -0.15) is 0 Å². The summed E-state index contributed by atoms with van der Waals surface area (Å²) in [5.74, 6) is 1.92. The molecule has 216 valence electrons. The molecule has 4 heteroatoms. The van der Waals surface area contributed by atoms with Crippen LogP contribution in [0.4, 0.5) is 17.1 Å². The number of nitrogens with zero attached hydrogens (tertiary/aromatic N) is 1. The van der Waals surface area contributed by atoms with Crippen molar-refractivity contribution in [2.75, 3.05) is 4.90 Å². The molecule has 2 nitrogen and oxygen atoms in total. The van der Waals surface area contributed by atoms with Crippen molar-refractivity contribution in [3.8, 4) is 22.6 Å². The number of para-hydroxylation sites is 2. The van der Waals surface area contributed by atoms with E-state index in [9.17, 15) is 0 Å². The molecule has 2 aliphatic heterocycles. The highest BCUT2D eigenvalue weighted by Gasteiger charge is 2.53. The lowest BCUT2D eigenvalue weighted by Gasteiger charge is -2.38. The zero-order valence-corrected chi connectivity index (χ0v) is 26.7. The maximum absolute atomic E-state index is 6.75. The summed E-state index contributed by atoms with van der Waals surface area (Å²) in [7, 11) is -2.70. The molecule has 7 aromatic carbocycles. The van der Waals surface area contributed by atoms with Gasteiger partial charge in [0.1, 0.15) is 11.5 Å². The zero-order valence-electron chi connectivity index (χ0n) is 24.9. The quantitative estimate of drug-likeness (QED) is 0.183. The van der Waals surface area contributed by atoms with Crippen molar-refractivity contribution in [3.05, 3.63) is 164 Å². The van der Waals surface area contributed by atoms with Gasteiger partial charge in [-0.15, -0.1) is 11.3 Å². The Labute approximate surface area is 272 Å². The molecule has 3 heterocycles. The zero-order chi connectivity index (χ0) is 30.2. The third-order valence-electron chi connectivity index (χ3n) is 9.72. The summed E-state index contributed by atoms with van der Waals surface area (Å²) in [5, 5.41) is 8.07. The highest BCUT2D eigenvalue weighted by molar-refractivity contribution is 7.26. The van der Waals surface area contributed by atoms with E-state index in [0.717, 1.165) is 28.6 Å². The van der Waals surface area contributed by atoms with E-state index in [4.69, 9.17) is 4.74 Å². The van der Waals surface area contributed by atoms with Crippen molar-refractivity contribution < 1.29 is 4.74 Å². The Morgan fingerprint density at radius 2 is 1.00 bits per heavy atom. The average molecular weight is 622 g/mol. The van der Waals surface area contributed by atoms with Gasteiger partial charge in [0, 0.05) is 37.2 Å². The van der Waals surface area contributed by atoms with Crippen LogP contribution >= 0.6 is 11.3 Å². The van der Waals surface area contributed by atoms with Gasteiger partial charge in [0.05, 0.1) is 0 Å². The Hall–Kier alpha value is -5.42. The number of fused-ring (bicyclic) bond motifs is 12. The van der Waals surface area contributed by atoms with Gasteiger partial charge < -0.3 is 9.64 Å². The lowest BCUT2D eigenvalue weighted by atomic mass is 10.1. The summed E-state index contributed by atoms with van der Waals surface area (Å²) < 4.78 is 9.37. The van der Waals surface area contributed by atoms with Gasteiger partial charge in [-0.1, -0.05) is 103 Å². The molecule has 1 aromatic heterocycles. The monoisotopic (exact) mass is 621 g/mol. The smallest absolute Gasteiger partial charge is 0.189 e. The van der Waals surface area contributed by atoms with E-state index in [1.807, 2.05) is 11.3 Å². The van der Waals surface area contributed by atoms with E-state index in [0.29, 0.717) is 0 Å². The summed E-state index contributed by atoms with van der Waals surface area (Å²) in [6.45, 7) is 0. The molecule has 0 radical (unpaired) electrons. The van der Waals surface area contributed by atoms with Gasteiger partial charge in [-0.05, 0) is 92.5 Å². The van der Waals surface area contributed by atoms with Crippen LogP contribution in [-0.4, -0.2) is 8.07 Å². The molecule has 0 saturated heterocycles. The third kappa shape index (κ3) is 3.51. The molecule has 0 aliphatic carbocycles. The molecule has 8 aromatic rings. The Balaban J connectivity index is 1.26. The Kier molecular flexibility index (Phi) is 5.50. The normalized spacial score (nSPS) is 13.6. The second kappa shape index (κ2) is 9.79. The van der Waals surface area contributed by atoms with Crippen molar-refractivity contribution in [3.63, 3.8) is 0 Å². The third-order valence-corrected chi connectivity index (χ3v) is 15.8. The first-order chi connectivity index (χ1) is 22.8. The first kappa shape index (κ1) is 25.9. The minimum atomic E-state index is -2.70. The molecular formula is C42H27NOSSi. The van der Waals surface area contributed by atoms with Crippen LogP contribution in [0.1, 0.15) is 0 Å². The minimum absolute atomic E-state index is 0.952. The molecular weight excluding hydrogens is 595 g/mol. The second-order valence-corrected chi connectivity index (χ2v) is 16.8. The molecule has 46 heavy (non-hydrogen) atoms. The minimum Gasteiger partial charge on any atom is -0.458 e. The van der Waals surface area contributed by atoms with Gasteiger partial charge >= 0.3 is 0 Å². The molecule has 0 fully saturated rings. The Bertz CT molecular complexity index is 2440. The summed E-state index contributed by atoms with van der Waals surface area (Å²) >= 11 is 1.86. The van der Waals surface area contributed by atoms with E-state index in [1.165, 1.54) is 52.0 Å². The molecule has 0 atom stereocenters. The summed E-state index contributed by atoms with van der Waals surface area (Å²) in [6.07, 6.45) is 0. The van der Waals surface area contributed by atoms with E-state index >= 15 is 0 Å². The molecule has 0 amide bonds. The SMILES string of the molecule is c1ccc(N(c2ccc3c(c2)[Si]2(c4ccccc4O3)c3ccccc3-c3ccccc32)c2ccc3sc4ccccc4c3c2)cc1. The van der Waals surface area contributed by atoms with Crippen LogP contribution in [0.5, 0.6) is 11.5 Å². The lowest BCUT2D eigenvalue weighted by Crippen LogP contribution is -2.74. The van der Waals surface area contributed by atoms with Crippen molar-refractivity contribution in [2.45, 2.75) is 0 Å². The first-order valence-corrected chi connectivity index (χ1v) is 18.5. The van der Waals surface area contributed by atoms with Crippen molar-refractivity contribution in [1.82, 2.24) is 0 Å². The van der Waals surface area contributed by atoms with Crippen LogP contribution in [0.2, 0.25) is 0 Å². The average Bonchev–Trinajstić information content (AvgIpc) is 3.63. The molecule has 0 N–H and O–H groups in total. The number of anilines is 3. The lowest BCUT2D eigenvalue weighted by molar-refractivity contribution is 0.487. The van der Waals surface area contributed by atoms with E-state index < -0.39 is 8.07 Å². The fourth-order valence-corrected chi connectivity index (χ4v) is 14.3. The standard InChI is InChI=1S/C42H27NOSSi/c1-2-12-28(13-3-1)43(29-23-25-38-34(26-29)31-14-4-8-18-37(31)45-38)30-22-24-36-42(27-30)46(41-21-11-7-17-35(41)44-36)39-19-9-5-15-32(39)33-16-6-10-20-40(33)46/h1-27H. The van der Waals surface area contributed by atoms with Crippen LogP contribution in [0, 0.1) is 0 Å². The number of hydrogen-bond donors (Lipinski definition) is 0. The molecule has 0 unspecified atom stereocenters. The first-order valence-electron chi connectivity index (χ1n) is 15.7. The predicted octanol–water partition coefficient (Wildman–Crippen LogP) is 8.99. The number of benzene rings is 7. The van der Waals surface area contributed by atoms with Crippen molar-refractivity contribution in [1.29, 1.82) is 0 Å². The topological polar surface area (TPSA) is 12.5 Å².